The summed E-state index contributed by atoms with van der Waals surface area (Å²) < 4.78 is 0. The number of nitrogens with one attached hydrogen (secondary N) is 2. The van der Waals surface area contributed by atoms with E-state index in [9.17, 15) is 0 Å². The number of aryl methyl sites for hydroxylation is 2. The normalized spacial score (nSPS) is 10.4. The third kappa shape index (κ3) is 9.08. The van der Waals surface area contributed by atoms with Gasteiger partial charge >= 0.3 is 0 Å². The molecule has 0 amide bonds. The summed E-state index contributed by atoms with van der Waals surface area (Å²) in [4.78, 5) is 29.3. The lowest BCUT2D eigenvalue weighted by atomic mass is 10.1. The van der Waals surface area contributed by atoms with Gasteiger partial charge in [0.1, 0.15) is 30.9 Å². The smallest absolute Gasteiger partial charge is 0.160 e. The molecule has 1 aromatic carbocycles. The second-order valence-electron chi connectivity index (χ2n) is 6.82. The lowest BCUT2D eigenvalue weighted by Gasteiger charge is -2.11. The Kier molecular flexibility index (Phi) is 15.6. The quantitative estimate of drug-likeness (QED) is 0.203. The van der Waals surface area contributed by atoms with Crippen LogP contribution in [0, 0.1) is 13.8 Å². The van der Waals surface area contributed by atoms with E-state index in [1.54, 1.807) is 6.33 Å². The number of fused-ring (bicyclic) bond motifs is 1. The molecule has 8 nitrogen and oxygen atoms in total. The van der Waals surface area contributed by atoms with Gasteiger partial charge in [-0.15, -0.1) is 0 Å². The van der Waals surface area contributed by atoms with Crippen LogP contribution in [0.25, 0.3) is 10.9 Å². The zero-order valence-electron chi connectivity index (χ0n) is 20.8. The number of anilines is 2. The van der Waals surface area contributed by atoms with E-state index < -0.39 is 0 Å². The Morgan fingerprint density at radius 3 is 2.43 bits per heavy atom. The predicted molar refractivity (Wildman–Crippen MR) is 150 cm³/mol. The molecule has 0 atom stereocenters. The van der Waals surface area contributed by atoms with Crippen molar-refractivity contribution >= 4 is 41.7 Å². The minimum absolute atomic E-state index is 0. The number of benzene rings is 1. The number of allylic oxidation sites excluding steroid dienone is 2. The topological polar surface area (TPSA) is 105 Å². The average Bonchev–Trinajstić information content (AvgIpc) is 2.88. The fraction of sp³-hybridized carbons (Fsp3) is 0.333. The Hall–Kier alpha value is -3.94. The van der Waals surface area contributed by atoms with Crippen molar-refractivity contribution in [3.8, 4) is 0 Å². The molecule has 0 fully saturated rings. The molecule has 2 N–H and O–H groups in total. The van der Waals surface area contributed by atoms with Gasteiger partial charge in [0.2, 0.25) is 0 Å². The number of nitrogens with zero attached hydrogens (tertiary/aromatic N) is 5. The molecule has 188 valence electrons. The van der Waals surface area contributed by atoms with Crippen molar-refractivity contribution in [1.82, 2.24) is 19.9 Å². The molecule has 8 heteroatoms. The third-order valence-electron chi connectivity index (χ3n) is 4.63. The summed E-state index contributed by atoms with van der Waals surface area (Å²) in [7, 11) is 0. The summed E-state index contributed by atoms with van der Waals surface area (Å²) in [5.74, 6) is 1.50. The van der Waals surface area contributed by atoms with Crippen LogP contribution in [0.2, 0.25) is 0 Å². The fourth-order valence-corrected chi connectivity index (χ4v) is 3.08. The van der Waals surface area contributed by atoms with E-state index >= 15 is 0 Å². The summed E-state index contributed by atoms with van der Waals surface area (Å²) >= 11 is 0. The van der Waals surface area contributed by atoms with Crippen molar-refractivity contribution in [3.63, 3.8) is 0 Å². The summed E-state index contributed by atoms with van der Waals surface area (Å²) in [6.45, 7) is 16.4. The number of para-hydroxylation sites is 1. The third-order valence-corrected chi connectivity index (χ3v) is 4.63. The molecule has 0 aliphatic rings. The first-order valence-electron chi connectivity index (χ1n) is 11.3. The van der Waals surface area contributed by atoms with Crippen LogP contribution in [-0.2, 0) is 4.79 Å². The molecule has 2 aromatic heterocycles. The predicted octanol–water partition coefficient (Wildman–Crippen LogP) is 6.61. The lowest BCUT2D eigenvalue weighted by molar-refractivity contribution is -0.0979. The van der Waals surface area contributed by atoms with Crippen LogP contribution < -0.4 is 10.6 Å². The molecule has 3 rings (SSSR count). The molecular weight excluding hydrogens is 438 g/mol. The van der Waals surface area contributed by atoms with Crippen LogP contribution in [0.15, 0.2) is 59.8 Å². The van der Waals surface area contributed by atoms with E-state index in [2.05, 4.69) is 74.3 Å². The summed E-state index contributed by atoms with van der Waals surface area (Å²) in [6, 6.07) is 6.12. The van der Waals surface area contributed by atoms with Crippen LogP contribution in [0.3, 0.4) is 0 Å². The molecule has 35 heavy (non-hydrogen) atoms. The van der Waals surface area contributed by atoms with Crippen LogP contribution in [0.4, 0.5) is 17.3 Å². The first-order chi connectivity index (χ1) is 16.6. The standard InChI is InChI=1S/C23H27N7.C2H6.CH2O.CH4/c1-5-6-10-18(30-23-21(24-4)17(3)26-14-29-23)11-8-13-25-22-19-12-7-9-16(2)20(19)27-15-28-22;2*1-2;/h6-7,9-12,14-15H,4-5,8,13H2,1-3H3,(H,25,27,28)(H,26,29,30);1-2H3;1H2;1H4/b10-6-,18-11+;;;. The Morgan fingerprint density at radius 2 is 1.74 bits per heavy atom. The van der Waals surface area contributed by atoms with Crippen molar-refractivity contribution < 1.29 is 4.79 Å². The van der Waals surface area contributed by atoms with Crippen molar-refractivity contribution in [3.05, 3.63) is 66.0 Å². The van der Waals surface area contributed by atoms with Gasteiger partial charge in [0.05, 0.1) is 11.2 Å². The Labute approximate surface area is 209 Å². The number of aliphatic imine (C=N–C) groups is 1. The molecule has 0 aliphatic heterocycles. The maximum absolute atomic E-state index is 8.00. The molecular formula is C27H39N7O. The fourth-order valence-electron chi connectivity index (χ4n) is 3.08. The highest BCUT2D eigenvalue weighted by Gasteiger charge is 2.07. The number of carbonyl (C=O) groups is 1. The van der Waals surface area contributed by atoms with Gasteiger partial charge in [-0.1, -0.05) is 52.5 Å². The van der Waals surface area contributed by atoms with Crippen LogP contribution in [0.1, 0.15) is 52.3 Å². The maximum Gasteiger partial charge on any atom is 0.160 e. The molecule has 0 saturated heterocycles. The van der Waals surface area contributed by atoms with Crippen molar-refractivity contribution in [2.24, 2.45) is 4.99 Å². The maximum atomic E-state index is 8.00. The van der Waals surface area contributed by atoms with Gasteiger partial charge in [0.25, 0.3) is 0 Å². The minimum atomic E-state index is 0. The van der Waals surface area contributed by atoms with Crippen molar-refractivity contribution in [2.75, 3.05) is 17.2 Å². The van der Waals surface area contributed by atoms with E-state index in [0.29, 0.717) is 11.5 Å². The second kappa shape index (κ2) is 17.5. The Balaban J connectivity index is 0.00000220. The number of rotatable bonds is 9. The van der Waals surface area contributed by atoms with E-state index in [0.717, 1.165) is 53.1 Å². The SMILES string of the molecule is C.C=Nc1c(C)ncnc1NC(/C=C\CC)=C/CCNc1ncnc2c(C)cccc12.C=O.CC. The van der Waals surface area contributed by atoms with Gasteiger partial charge in [-0.2, -0.15) is 0 Å². The minimum Gasteiger partial charge on any atom is -0.369 e. The highest BCUT2D eigenvalue weighted by Crippen LogP contribution is 2.26. The number of aromatic nitrogens is 4. The highest BCUT2D eigenvalue weighted by atomic mass is 16.1. The largest absolute Gasteiger partial charge is 0.369 e. The van der Waals surface area contributed by atoms with Crippen molar-refractivity contribution in [1.29, 1.82) is 0 Å². The summed E-state index contributed by atoms with van der Waals surface area (Å²) in [5.41, 5.74) is 4.51. The summed E-state index contributed by atoms with van der Waals surface area (Å²) in [5, 5.41) is 7.80. The molecule has 0 bridgehead atoms. The van der Waals surface area contributed by atoms with E-state index in [4.69, 9.17) is 4.79 Å². The molecule has 0 saturated carbocycles. The monoisotopic (exact) mass is 477 g/mol. The van der Waals surface area contributed by atoms with Crippen LogP contribution in [0.5, 0.6) is 0 Å². The first kappa shape index (κ1) is 31.1. The first-order valence-corrected chi connectivity index (χ1v) is 11.3. The van der Waals surface area contributed by atoms with E-state index in [1.807, 2.05) is 45.8 Å². The summed E-state index contributed by atoms with van der Waals surface area (Å²) in [6.07, 6.45) is 11.1. The van der Waals surface area contributed by atoms with E-state index in [-0.39, 0.29) is 7.43 Å². The Morgan fingerprint density at radius 1 is 1.06 bits per heavy atom. The van der Waals surface area contributed by atoms with Gasteiger partial charge < -0.3 is 15.4 Å². The molecule has 0 unspecified atom stereocenters. The molecule has 2 heterocycles. The highest BCUT2D eigenvalue weighted by molar-refractivity contribution is 5.90. The number of carbonyl (C=O) groups excluding carboxylic acids is 1. The molecule has 0 aliphatic carbocycles. The van der Waals surface area contributed by atoms with Gasteiger partial charge in [-0.25, -0.2) is 19.9 Å². The molecule has 0 spiro atoms. The lowest BCUT2D eigenvalue weighted by Crippen LogP contribution is -2.06. The Bertz CT molecular complexity index is 1110. The van der Waals surface area contributed by atoms with Gasteiger partial charge in [0, 0.05) is 17.6 Å². The zero-order valence-corrected chi connectivity index (χ0v) is 20.8. The van der Waals surface area contributed by atoms with Crippen LogP contribution >= 0.6 is 0 Å². The number of hydrogen-bond acceptors (Lipinski definition) is 8. The van der Waals surface area contributed by atoms with Gasteiger partial charge in [-0.3, -0.25) is 4.99 Å². The van der Waals surface area contributed by atoms with Gasteiger partial charge in [-0.05, 0) is 51.1 Å². The average molecular weight is 478 g/mol. The van der Waals surface area contributed by atoms with Crippen LogP contribution in [-0.4, -0.2) is 40.0 Å². The van der Waals surface area contributed by atoms with Gasteiger partial charge in [0.15, 0.2) is 5.82 Å². The molecule has 3 aromatic rings. The molecule has 0 radical (unpaired) electrons. The zero-order chi connectivity index (χ0) is 25.3. The number of hydrogen-bond donors (Lipinski definition) is 2. The second-order valence-corrected chi connectivity index (χ2v) is 6.82. The van der Waals surface area contributed by atoms with E-state index in [1.165, 1.54) is 6.33 Å². The van der Waals surface area contributed by atoms with Crippen molar-refractivity contribution in [2.45, 2.75) is 54.9 Å².